The average molecular weight is 451 g/mol. The molecule has 0 aliphatic carbocycles. The number of phenols is 1. The van der Waals surface area contributed by atoms with Crippen LogP contribution in [0.1, 0.15) is 36.7 Å². The number of hydrogen-bond acceptors (Lipinski definition) is 5. The highest BCUT2D eigenvalue weighted by Crippen LogP contribution is 2.48. The molecule has 3 heterocycles. The first-order valence-corrected chi connectivity index (χ1v) is 10.1. The van der Waals surface area contributed by atoms with E-state index in [1.165, 1.54) is 5.56 Å². The molecule has 124 valence electrons. The van der Waals surface area contributed by atoms with Crippen LogP contribution in [0.2, 0.25) is 0 Å². The second-order valence-corrected chi connectivity index (χ2v) is 8.20. The second kappa shape index (κ2) is 6.55. The Balaban J connectivity index is 1.80. The molecule has 2 aliphatic heterocycles. The van der Waals surface area contributed by atoms with Crippen molar-refractivity contribution < 1.29 is 5.11 Å². The van der Waals surface area contributed by atoms with Gasteiger partial charge in [0.2, 0.25) is 0 Å². The molecule has 0 radical (unpaired) electrons. The smallest absolute Gasteiger partial charge is 0.160 e. The molecule has 6 heteroatoms. The zero-order valence-corrected chi connectivity index (χ0v) is 16.2. The van der Waals surface area contributed by atoms with Gasteiger partial charge in [-0.1, -0.05) is 30.8 Å². The highest BCUT2D eigenvalue weighted by atomic mass is 127. The summed E-state index contributed by atoms with van der Waals surface area (Å²) < 4.78 is 0.873. The van der Waals surface area contributed by atoms with Crippen LogP contribution in [0.25, 0.3) is 0 Å². The zero-order valence-electron chi connectivity index (χ0n) is 13.3. The first-order chi connectivity index (χ1) is 11.7. The third-order valence-corrected chi connectivity index (χ3v) is 6.63. The molecule has 2 aliphatic rings. The van der Waals surface area contributed by atoms with Crippen LogP contribution in [0.4, 0.5) is 0 Å². The van der Waals surface area contributed by atoms with Crippen LogP contribution >= 0.6 is 34.4 Å². The van der Waals surface area contributed by atoms with Crippen molar-refractivity contribution in [2.45, 2.75) is 31.5 Å². The van der Waals surface area contributed by atoms with Gasteiger partial charge in [0.1, 0.15) is 11.8 Å². The number of phenolic OH excluding ortho intramolecular Hbond substituents is 1. The van der Waals surface area contributed by atoms with E-state index in [1.54, 1.807) is 6.07 Å². The topological polar surface area (TPSA) is 48.7 Å². The molecule has 0 bridgehead atoms. The summed E-state index contributed by atoms with van der Waals surface area (Å²) in [6.45, 7) is 2.24. The molecule has 0 spiro atoms. The molecule has 1 saturated heterocycles. The van der Waals surface area contributed by atoms with Crippen molar-refractivity contribution in [3.05, 3.63) is 57.4 Å². The van der Waals surface area contributed by atoms with E-state index in [1.807, 2.05) is 36.2 Å². The Morgan fingerprint density at radius 1 is 1.33 bits per heavy atom. The van der Waals surface area contributed by atoms with Crippen LogP contribution in [0.15, 0.2) is 47.6 Å². The quantitative estimate of drug-likeness (QED) is 0.705. The molecule has 4 rings (SSSR count). The molecule has 3 atom stereocenters. The monoisotopic (exact) mass is 451 g/mol. The van der Waals surface area contributed by atoms with Gasteiger partial charge in [-0.3, -0.25) is 9.98 Å². The van der Waals surface area contributed by atoms with E-state index in [2.05, 4.69) is 51.5 Å². The lowest BCUT2D eigenvalue weighted by molar-refractivity contribution is 0.255. The number of halogens is 1. The van der Waals surface area contributed by atoms with Gasteiger partial charge in [0.25, 0.3) is 0 Å². The van der Waals surface area contributed by atoms with Gasteiger partial charge in [0, 0.05) is 18.0 Å². The van der Waals surface area contributed by atoms with E-state index >= 15 is 0 Å². The summed E-state index contributed by atoms with van der Waals surface area (Å²) in [5.74, 6) is 1.42. The normalized spacial score (nSPS) is 25.7. The van der Waals surface area contributed by atoms with E-state index < -0.39 is 0 Å². The number of aromatic nitrogens is 1. The van der Waals surface area contributed by atoms with Crippen molar-refractivity contribution in [1.82, 2.24) is 9.88 Å². The van der Waals surface area contributed by atoms with E-state index in [-0.39, 0.29) is 12.1 Å². The average Bonchev–Trinajstić information content (AvgIpc) is 3.17. The van der Waals surface area contributed by atoms with Crippen molar-refractivity contribution in [3.8, 4) is 5.75 Å². The summed E-state index contributed by atoms with van der Waals surface area (Å²) in [5, 5.41) is 11.0. The van der Waals surface area contributed by atoms with E-state index in [0.29, 0.717) is 11.8 Å². The lowest BCUT2D eigenvalue weighted by atomic mass is 9.95. The van der Waals surface area contributed by atoms with Crippen molar-refractivity contribution in [2.24, 2.45) is 4.99 Å². The summed E-state index contributed by atoms with van der Waals surface area (Å²) >= 11 is 4.03. The van der Waals surface area contributed by atoms with E-state index in [9.17, 15) is 5.11 Å². The highest BCUT2D eigenvalue weighted by molar-refractivity contribution is 14.1. The summed E-state index contributed by atoms with van der Waals surface area (Å²) in [5.41, 5.74) is 2.19. The first kappa shape index (κ1) is 16.2. The molecule has 0 unspecified atom stereocenters. The maximum absolute atomic E-state index is 9.89. The lowest BCUT2D eigenvalue weighted by Gasteiger charge is -2.32. The number of thioether (sulfide) groups is 1. The number of nitrogens with zero attached hydrogens (tertiary/aromatic N) is 3. The largest absolute Gasteiger partial charge is 0.507 e. The minimum Gasteiger partial charge on any atom is -0.507 e. The van der Waals surface area contributed by atoms with E-state index in [0.717, 1.165) is 26.6 Å². The third kappa shape index (κ3) is 2.69. The van der Waals surface area contributed by atoms with Gasteiger partial charge in [-0.25, -0.2) is 0 Å². The number of rotatable bonds is 3. The van der Waals surface area contributed by atoms with Gasteiger partial charge in [0.15, 0.2) is 5.17 Å². The second-order valence-electron chi connectivity index (χ2n) is 6.05. The van der Waals surface area contributed by atoms with Crippen LogP contribution in [-0.4, -0.2) is 32.0 Å². The number of aromatic hydroxyl groups is 1. The maximum Gasteiger partial charge on any atom is 0.160 e. The number of benzene rings is 1. The standard InChI is InChI=1S/C18H18IN3OS/c1-2-12-10-24-18-21-16(14-5-3-4-8-20-14)17(22(12)18)11-6-7-15(23)13(19)9-11/h3-9,12,16-17,23H,2,10H2,1H3/t12-,16-,17-/m1/s1. The molecule has 1 N–H and O–H groups in total. The van der Waals surface area contributed by atoms with Crippen LogP contribution < -0.4 is 0 Å². The highest BCUT2D eigenvalue weighted by Gasteiger charge is 2.45. The van der Waals surface area contributed by atoms with Crippen molar-refractivity contribution >= 4 is 39.5 Å². The lowest BCUT2D eigenvalue weighted by Crippen LogP contribution is -2.35. The summed E-state index contributed by atoms with van der Waals surface area (Å²) in [4.78, 5) is 12.0. The summed E-state index contributed by atoms with van der Waals surface area (Å²) in [6, 6.07) is 12.5. The summed E-state index contributed by atoms with van der Waals surface area (Å²) in [6.07, 6.45) is 2.94. The van der Waals surface area contributed by atoms with Crippen LogP contribution in [-0.2, 0) is 0 Å². The van der Waals surface area contributed by atoms with Gasteiger partial charge >= 0.3 is 0 Å². The van der Waals surface area contributed by atoms with Crippen molar-refractivity contribution in [2.75, 3.05) is 5.75 Å². The molecule has 2 aromatic rings. The first-order valence-electron chi connectivity index (χ1n) is 8.07. The van der Waals surface area contributed by atoms with Gasteiger partial charge in [-0.05, 0) is 58.8 Å². The third-order valence-electron chi connectivity index (χ3n) is 4.64. The number of amidine groups is 1. The fraction of sp³-hybridized carbons (Fsp3) is 0.333. The zero-order chi connectivity index (χ0) is 16.7. The van der Waals surface area contributed by atoms with Crippen LogP contribution in [0.5, 0.6) is 5.75 Å². The molecular formula is C18H18IN3OS. The summed E-state index contributed by atoms with van der Waals surface area (Å²) in [7, 11) is 0. The Bertz CT molecular complexity index is 783. The minimum absolute atomic E-state index is 0.00314. The van der Waals surface area contributed by atoms with Crippen LogP contribution in [0.3, 0.4) is 0 Å². The Morgan fingerprint density at radius 2 is 2.21 bits per heavy atom. The molecule has 24 heavy (non-hydrogen) atoms. The molecule has 0 amide bonds. The number of pyridine rings is 1. The predicted molar refractivity (Wildman–Crippen MR) is 106 cm³/mol. The fourth-order valence-corrected chi connectivity index (χ4v) is 5.29. The minimum atomic E-state index is 0.00314. The molecule has 4 nitrogen and oxygen atoms in total. The molecular weight excluding hydrogens is 433 g/mol. The number of aliphatic imine (C=N–C) groups is 1. The van der Waals surface area contributed by atoms with Gasteiger partial charge in [0.05, 0.1) is 15.3 Å². The number of hydrogen-bond donors (Lipinski definition) is 1. The maximum atomic E-state index is 9.89. The number of fused-ring (bicyclic) bond motifs is 1. The van der Waals surface area contributed by atoms with Gasteiger partial charge in [-0.15, -0.1) is 0 Å². The van der Waals surface area contributed by atoms with Crippen molar-refractivity contribution in [1.29, 1.82) is 0 Å². The Hall–Kier alpha value is -1.28. The molecule has 1 aromatic carbocycles. The SMILES string of the molecule is CC[C@@H]1CSC2=N[C@H](c3ccccn3)[C@@H](c3ccc(O)c(I)c3)N21. The Kier molecular flexibility index (Phi) is 4.42. The van der Waals surface area contributed by atoms with Gasteiger partial charge < -0.3 is 10.0 Å². The van der Waals surface area contributed by atoms with E-state index in [4.69, 9.17) is 4.99 Å². The Morgan fingerprint density at radius 3 is 2.92 bits per heavy atom. The van der Waals surface area contributed by atoms with Crippen molar-refractivity contribution in [3.63, 3.8) is 0 Å². The predicted octanol–water partition coefficient (Wildman–Crippen LogP) is 4.37. The van der Waals surface area contributed by atoms with Gasteiger partial charge in [-0.2, -0.15) is 0 Å². The molecule has 0 saturated carbocycles. The molecule has 1 aromatic heterocycles. The molecule has 1 fully saturated rings. The Labute approximate surface area is 159 Å². The fourth-order valence-electron chi connectivity index (χ4n) is 3.42. The van der Waals surface area contributed by atoms with Crippen LogP contribution in [0, 0.1) is 3.57 Å².